The van der Waals surface area contributed by atoms with Crippen LogP contribution in [0.5, 0.6) is 23.0 Å². The van der Waals surface area contributed by atoms with Crippen molar-refractivity contribution in [3.63, 3.8) is 0 Å². The number of hydrogen-bond donors (Lipinski definition) is 0. The molecule has 0 amide bonds. The second-order valence-corrected chi connectivity index (χ2v) is 19.8. The molecule has 4 fully saturated rings. The van der Waals surface area contributed by atoms with Crippen molar-refractivity contribution in [1.29, 1.82) is 0 Å². The Bertz CT molecular complexity index is 2300. The number of ether oxygens (including phenoxy) is 4. The predicted molar refractivity (Wildman–Crippen MR) is 225 cm³/mol. The second-order valence-electron chi connectivity index (χ2n) is 19.8. The zero-order valence-corrected chi connectivity index (χ0v) is 35.3. The van der Waals surface area contributed by atoms with E-state index in [0.29, 0.717) is 45.7 Å². The molecular formula is C52H54O8. The summed E-state index contributed by atoms with van der Waals surface area (Å²) in [5.41, 5.74) is 4.36. The minimum atomic E-state index is -0.659. The van der Waals surface area contributed by atoms with Crippen LogP contribution >= 0.6 is 0 Å². The van der Waals surface area contributed by atoms with Gasteiger partial charge in [-0.2, -0.15) is 0 Å². The van der Waals surface area contributed by atoms with Crippen molar-refractivity contribution in [3.05, 3.63) is 118 Å². The molecular weight excluding hydrogens is 753 g/mol. The zero-order chi connectivity index (χ0) is 41.8. The van der Waals surface area contributed by atoms with Crippen molar-refractivity contribution in [2.45, 2.75) is 104 Å². The number of hydrogen-bond acceptors (Lipinski definition) is 8. The average molecular weight is 807 g/mol. The summed E-state index contributed by atoms with van der Waals surface area (Å²) in [7, 11) is 0. The van der Waals surface area contributed by atoms with Gasteiger partial charge in [0.05, 0.1) is 22.3 Å². The Morgan fingerprint density at radius 1 is 0.550 bits per heavy atom. The molecule has 4 aliphatic carbocycles. The molecule has 7 atom stereocenters. The van der Waals surface area contributed by atoms with Crippen LogP contribution in [0.3, 0.4) is 0 Å². The summed E-state index contributed by atoms with van der Waals surface area (Å²) in [6.45, 7) is 12.8. The molecule has 6 aliphatic rings. The number of rotatable bonds is 9. The number of fused-ring (bicyclic) bond motifs is 3. The van der Waals surface area contributed by atoms with Gasteiger partial charge in [0, 0.05) is 5.41 Å². The van der Waals surface area contributed by atoms with E-state index in [0.717, 1.165) is 37.0 Å². The van der Waals surface area contributed by atoms with Crippen molar-refractivity contribution in [2.75, 3.05) is 0 Å². The Morgan fingerprint density at radius 3 is 1.52 bits per heavy atom. The van der Waals surface area contributed by atoms with E-state index in [2.05, 4.69) is 58.9 Å². The topological polar surface area (TPSA) is 105 Å². The standard InChI is InChI=1S/C52H54O8/c1-6-37-42-19-20-44(49(3)23-24-49)51(42,5)22-21-43(37)50(4)25-26-52(29-30(50)2,31-7-11-33(12-8-31)57-35-15-17-38-40(27-35)47(55)59-45(38)53)32-9-13-34(14-10-32)58-36-16-18-39-41(28-36)48(56)60-46(39)54/h7-18,27-28,30,37,42-44H,6,19-26,29H2,1-5H3. The molecule has 8 heteroatoms. The molecule has 7 unspecified atom stereocenters. The van der Waals surface area contributed by atoms with E-state index in [-0.39, 0.29) is 33.1 Å². The van der Waals surface area contributed by atoms with Crippen LogP contribution in [0.4, 0.5) is 0 Å². The lowest BCUT2D eigenvalue weighted by Crippen LogP contribution is -2.52. The van der Waals surface area contributed by atoms with E-state index < -0.39 is 23.9 Å². The third-order valence-electron chi connectivity index (χ3n) is 17.0. The zero-order valence-electron chi connectivity index (χ0n) is 35.3. The summed E-state index contributed by atoms with van der Waals surface area (Å²) in [5.74, 6) is 3.20. The average Bonchev–Trinajstić information content (AvgIpc) is 3.64. The summed E-state index contributed by atoms with van der Waals surface area (Å²) in [6.07, 6.45) is 12.7. The number of benzene rings is 4. The molecule has 4 saturated carbocycles. The third-order valence-corrected chi connectivity index (χ3v) is 17.0. The highest BCUT2D eigenvalue weighted by atomic mass is 16.6. The third kappa shape index (κ3) is 6.06. The van der Waals surface area contributed by atoms with Gasteiger partial charge in [-0.25, -0.2) is 19.2 Å². The molecule has 10 rings (SSSR count). The number of carbonyl (C=O) groups excluding carboxylic acids is 4. The van der Waals surface area contributed by atoms with E-state index in [1.54, 1.807) is 36.4 Å². The Hall–Kier alpha value is -5.24. The molecule has 0 spiro atoms. The molecule has 0 aromatic heterocycles. The fourth-order valence-electron chi connectivity index (χ4n) is 13.4. The molecule has 0 saturated heterocycles. The molecule has 2 aliphatic heterocycles. The van der Waals surface area contributed by atoms with Crippen LogP contribution in [0.15, 0.2) is 84.9 Å². The summed E-state index contributed by atoms with van der Waals surface area (Å²) in [5, 5.41) is 0. The molecule has 2 heterocycles. The quantitative estimate of drug-likeness (QED) is 0.122. The number of carbonyl (C=O) groups is 4. The van der Waals surface area contributed by atoms with Gasteiger partial charge in [-0.1, -0.05) is 65.3 Å². The van der Waals surface area contributed by atoms with Crippen LogP contribution < -0.4 is 9.47 Å². The van der Waals surface area contributed by atoms with Crippen LogP contribution in [-0.4, -0.2) is 23.9 Å². The van der Waals surface area contributed by atoms with Gasteiger partial charge in [0.2, 0.25) is 0 Å². The highest BCUT2D eigenvalue weighted by Gasteiger charge is 2.63. The maximum absolute atomic E-state index is 12.2. The summed E-state index contributed by atoms with van der Waals surface area (Å²) in [6, 6.07) is 26.4. The molecule has 310 valence electrons. The number of cyclic esters (lactones) is 4. The smallest absolute Gasteiger partial charge is 0.347 e. The van der Waals surface area contributed by atoms with Crippen LogP contribution in [0, 0.1) is 45.8 Å². The van der Waals surface area contributed by atoms with E-state index in [1.165, 1.54) is 56.1 Å². The van der Waals surface area contributed by atoms with Gasteiger partial charge >= 0.3 is 23.9 Å². The first kappa shape index (κ1) is 38.9. The van der Waals surface area contributed by atoms with Crippen LogP contribution in [0.25, 0.3) is 0 Å². The highest BCUT2D eigenvalue weighted by Crippen LogP contribution is 2.71. The summed E-state index contributed by atoms with van der Waals surface area (Å²) >= 11 is 0. The molecule has 8 nitrogen and oxygen atoms in total. The Labute approximate surface area is 352 Å². The molecule has 4 aromatic carbocycles. The maximum Gasteiger partial charge on any atom is 0.347 e. The maximum atomic E-state index is 12.2. The van der Waals surface area contributed by atoms with Gasteiger partial charge < -0.3 is 18.9 Å². The first-order valence-electron chi connectivity index (χ1n) is 22.1. The molecule has 0 bridgehead atoms. The van der Waals surface area contributed by atoms with Crippen LogP contribution in [0.2, 0.25) is 0 Å². The monoisotopic (exact) mass is 806 g/mol. The van der Waals surface area contributed by atoms with E-state index in [4.69, 9.17) is 18.9 Å². The van der Waals surface area contributed by atoms with E-state index in [1.807, 2.05) is 24.3 Å². The van der Waals surface area contributed by atoms with Gasteiger partial charge in [0.15, 0.2) is 0 Å². The highest BCUT2D eigenvalue weighted by molar-refractivity contribution is 6.15. The van der Waals surface area contributed by atoms with Crippen molar-refractivity contribution in [2.24, 2.45) is 45.8 Å². The fraction of sp³-hybridized carbons (Fsp3) is 0.462. The number of esters is 4. The predicted octanol–water partition coefficient (Wildman–Crippen LogP) is 12.3. The largest absolute Gasteiger partial charge is 0.457 e. The SMILES string of the molecule is CCC1C(C2(C)CCC(c3ccc(Oc4ccc5c(c4)C(=O)OC5=O)cc3)(c3ccc(Oc4ccc5c(c4)C(=O)OC5=O)cc3)CC2C)CCC2(C)C1CCC2C1(C)CC1. The van der Waals surface area contributed by atoms with Crippen molar-refractivity contribution < 1.29 is 38.1 Å². The van der Waals surface area contributed by atoms with Gasteiger partial charge in [-0.3, -0.25) is 0 Å². The van der Waals surface area contributed by atoms with Crippen molar-refractivity contribution >= 4 is 23.9 Å². The summed E-state index contributed by atoms with van der Waals surface area (Å²) in [4.78, 5) is 48.5. The van der Waals surface area contributed by atoms with Gasteiger partial charge in [0.25, 0.3) is 0 Å². The Morgan fingerprint density at radius 2 is 1.03 bits per heavy atom. The minimum absolute atomic E-state index is 0.214. The molecule has 0 N–H and O–H groups in total. The minimum Gasteiger partial charge on any atom is -0.457 e. The molecule has 4 aromatic rings. The van der Waals surface area contributed by atoms with Gasteiger partial charge in [-0.15, -0.1) is 0 Å². The lowest BCUT2D eigenvalue weighted by atomic mass is 9.45. The normalized spacial score (nSPS) is 30.9. The van der Waals surface area contributed by atoms with E-state index in [9.17, 15) is 19.2 Å². The Balaban J connectivity index is 0.945. The first-order chi connectivity index (χ1) is 28.7. The van der Waals surface area contributed by atoms with Crippen LogP contribution in [-0.2, 0) is 14.9 Å². The molecule has 0 radical (unpaired) electrons. The second kappa shape index (κ2) is 13.9. The van der Waals surface area contributed by atoms with Gasteiger partial charge in [0.1, 0.15) is 23.0 Å². The summed E-state index contributed by atoms with van der Waals surface area (Å²) < 4.78 is 22.0. The molecule has 60 heavy (non-hydrogen) atoms. The lowest BCUT2D eigenvalue weighted by Gasteiger charge is -2.59. The fourth-order valence-corrected chi connectivity index (χ4v) is 13.4. The van der Waals surface area contributed by atoms with Crippen LogP contribution in [0.1, 0.15) is 151 Å². The lowest BCUT2D eigenvalue weighted by molar-refractivity contribution is -0.0871. The Kier molecular flexibility index (Phi) is 9.02. The van der Waals surface area contributed by atoms with Crippen molar-refractivity contribution in [1.82, 2.24) is 0 Å². The van der Waals surface area contributed by atoms with Crippen molar-refractivity contribution in [3.8, 4) is 23.0 Å². The van der Waals surface area contributed by atoms with E-state index >= 15 is 0 Å². The van der Waals surface area contributed by atoms with Gasteiger partial charge in [-0.05, 0) is 175 Å². The first-order valence-corrected chi connectivity index (χ1v) is 22.1.